The van der Waals surface area contributed by atoms with E-state index in [1.165, 1.54) is 23.1 Å². The van der Waals surface area contributed by atoms with Gasteiger partial charge in [-0.3, -0.25) is 4.79 Å². The highest BCUT2D eigenvalue weighted by Gasteiger charge is 2.24. The van der Waals surface area contributed by atoms with Gasteiger partial charge in [0.2, 0.25) is 5.91 Å². The molecule has 4 aromatic rings. The largest absolute Gasteiger partial charge is 0.497 e. The number of anilines is 1. The second-order valence-corrected chi connectivity index (χ2v) is 9.87. The zero-order valence-corrected chi connectivity index (χ0v) is 21.2. The van der Waals surface area contributed by atoms with Crippen molar-refractivity contribution in [3.63, 3.8) is 0 Å². The van der Waals surface area contributed by atoms with E-state index in [0.29, 0.717) is 22.1 Å². The van der Waals surface area contributed by atoms with Crippen molar-refractivity contribution in [2.75, 3.05) is 12.4 Å². The SMILES string of the molecule is CCC(Sc1nc(-c2ccc(OC)cc2)cc(-c2ccc(C)cc2)c1C#N)C(=O)Nc1nccs1. The molecule has 1 N–H and O–H groups in total. The summed E-state index contributed by atoms with van der Waals surface area (Å²) in [5.74, 6) is 0.588. The molecule has 0 saturated carbocycles. The van der Waals surface area contributed by atoms with Crippen LogP contribution in [-0.2, 0) is 4.79 Å². The Morgan fingerprint density at radius 2 is 1.89 bits per heavy atom. The predicted octanol–water partition coefficient (Wildman–Crippen LogP) is 6.57. The molecule has 1 atom stereocenters. The van der Waals surface area contributed by atoms with Gasteiger partial charge in [0.1, 0.15) is 16.8 Å². The van der Waals surface area contributed by atoms with Gasteiger partial charge in [-0.15, -0.1) is 11.3 Å². The molecule has 1 unspecified atom stereocenters. The smallest absolute Gasteiger partial charge is 0.239 e. The van der Waals surface area contributed by atoms with Crippen molar-refractivity contribution in [1.82, 2.24) is 9.97 Å². The number of nitrogens with zero attached hydrogens (tertiary/aromatic N) is 3. The van der Waals surface area contributed by atoms with Gasteiger partial charge in [0.25, 0.3) is 0 Å². The Hall–Kier alpha value is -3.67. The number of nitriles is 1. The number of hydrogen-bond acceptors (Lipinski definition) is 7. The van der Waals surface area contributed by atoms with Crippen LogP contribution in [0.2, 0.25) is 0 Å². The number of methoxy groups -OCH3 is 1. The minimum atomic E-state index is -0.435. The molecule has 176 valence electrons. The number of pyridine rings is 1. The quantitative estimate of drug-likeness (QED) is 0.275. The van der Waals surface area contributed by atoms with Crippen LogP contribution in [0.1, 0.15) is 24.5 Å². The fourth-order valence-electron chi connectivity index (χ4n) is 3.51. The second-order valence-electron chi connectivity index (χ2n) is 7.78. The van der Waals surface area contributed by atoms with Gasteiger partial charge in [-0.25, -0.2) is 9.97 Å². The van der Waals surface area contributed by atoms with Crippen LogP contribution in [0.25, 0.3) is 22.4 Å². The molecular formula is C27H24N4O2S2. The highest BCUT2D eigenvalue weighted by Crippen LogP contribution is 2.37. The molecule has 35 heavy (non-hydrogen) atoms. The maximum absolute atomic E-state index is 13.0. The van der Waals surface area contributed by atoms with Gasteiger partial charge in [-0.05, 0) is 49.2 Å². The normalized spacial score (nSPS) is 11.5. The number of thioether (sulfide) groups is 1. The number of amides is 1. The Balaban J connectivity index is 1.79. The maximum atomic E-state index is 13.0. The Morgan fingerprint density at radius 1 is 1.17 bits per heavy atom. The van der Waals surface area contributed by atoms with Crippen LogP contribution in [0.15, 0.2) is 71.2 Å². The standard InChI is InChI=1S/C27H24N4O2S2/c1-4-24(25(32)31-27-29-13-14-34-27)35-26-22(16-28)21(18-7-5-17(2)6-8-18)15-23(30-26)19-9-11-20(33-3)12-10-19/h5-15,24H,4H2,1-3H3,(H,29,31,32). The van der Waals surface area contributed by atoms with Crippen molar-refractivity contribution in [3.8, 4) is 34.2 Å². The van der Waals surface area contributed by atoms with E-state index in [2.05, 4.69) is 16.4 Å². The average molecular weight is 501 g/mol. The van der Waals surface area contributed by atoms with E-state index in [4.69, 9.17) is 9.72 Å². The fraction of sp³-hybridized carbons (Fsp3) is 0.185. The first-order valence-corrected chi connectivity index (χ1v) is 12.8. The van der Waals surface area contributed by atoms with Crippen molar-refractivity contribution in [3.05, 3.63) is 77.3 Å². The van der Waals surface area contributed by atoms with E-state index < -0.39 is 5.25 Å². The lowest BCUT2D eigenvalue weighted by molar-refractivity contribution is -0.115. The lowest BCUT2D eigenvalue weighted by Gasteiger charge is -2.17. The van der Waals surface area contributed by atoms with Crippen molar-refractivity contribution >= 4 is 34.1 Å². The molecule has 0 aliphatic heterocycles. The van der Waals surface area contributed by atoms with Gasteiger partial charge < -0.3 is 10.1 Å². The molecule has 1 amide bonds. The van der Waals surface area contributed by atoms with Gasteiger partial charge in [-0.1, -0.05) is 48.5 Å². The molecule has 6 nitrogen and oxygen atoms in total. The summed E-state index contributed by atoms with van der Waals surface area (Å²) in [6.07, 6.45) is 2.22. The van der Waals surface area contributed by atoms with Crippen LogP contribution in [0.5, 0.6) is 5.75 Å². The molecule has 8 heteroatoms. The van der Waals surface area contributed by atoms with Gasteiger partial charge in [0.15, 0.2) is 5.13 Å². The number of ether oxygens (including phenoxy) is 1. The molecule has 0 fully saturated rings. The first-order chi connectivity index (χ1) is 17.0. The van der Waals surface area contributed by atoms with E-state index in [-0.39, 0.29) is 5.91 Å². The van der Waals surface area contributed by atoms with E-state index in [9.17, 15) is 10.1 Å². The number of carbonyl (C=O) groups excluding carboxylic acids is 1. The van der Waals surface area contributed by atoms with Crippen LogP contribution in [0, 0.1) is 18.3 Å². The minimum absolute atomic E-state index is 0.162. The topological polar surface area (TPSA) is 87.9 Å². The monoisotopic (exact) mass is 500 g/mol. The van der Waals surface area contributed by atoms with Crippen molar-refractivity contribution in [2.24, 2.45) is 0 Å². The van der Waals surface area contributed by atoms with E-state index in [1.54, 1.807) is 13.3 Å². The number of nitrogens with one attached hydrogen (secondary N) is 1. The number of hydrogen-bond donors (Lipinski definition) is 1. The molecule has 0 bridgehead atoms. The Bertz CT molecular complexity index is 1350. The summed E-state index contributed by atoms with van der Waals surface area (Å²) in [4.78, 5) is 22.0. The summed E-state index contributed by atoms with van der Waals surface area (Å²) in [6.45, 7) is 3.97. The summed E-state index contributed by atoms with van der Waals surface area (Å²) in [6, 6.07) is 20.0. The molecule has 0 spiro atoms. The Kier molecular flexibility index (Phi) is 7.80. The summed E-state index contributed by atoms with van der Waals surface area (Å²) in [5, 5.41) is 15.5. The molecule has 0 radical (unpaired) electrons. The second kappa shape index (κ2) is 11.2. The zero-order chi connectivity index (χ0) is 24.8. The summed E-state index contributed by atoms with van der Waals surface area (Å²) < 4.78 is 5.29. The minimum Gasteiger partial charge on any atom is -0.497 e. The van der Waals surface area contributed by atoms with Crippen LogP contribution in [-0.4, -0.2) is 28.2 Å². The first kappa shape index (κ1) is 24.5. The fourth-order valence-corrected chi connectivity index (χ4v) is 5.07. The summed E-state index contributed by atoms with van der Waals surface area (Å²) in [5.41, 5.74) is 4.91. The van der Waals surface area contributed by atoms with Gasteiger partial charge in [0, 0.05) is 22.7 Å². The number of rotatable bonds is 8. The molecule has 4 rings (SSSR count). The molecule has 0 aliphatic rings. The summed E-state index contributed by atoms with van der Waals surface area (Å²) in [7, 11) is 1.63. The highest BCUT2D eigenvalue weighted by atomic mass is 32.2. The number of carbonyl (C=O) groups is 1. The molecule has 2 aromatic carbocycles. The molecule has 2 heterocycles. The average Bonchev–Trinajstić information content (AvgIpc) is 3.40. The summed E-state index contributed by atoms with van der Waals surface area (Å²) >= 11 is 2.67. The Labute approximate surface area is 213 Å². The lowest BCUT2D eigenvalue weighted by Crippen LogP contribution is -2.24. The number of thiazole rings is 1. The van der Waals surface area contributed by atoms with Gasteiger partial charge >= 0.3 is 0 Å². The van der Waals surface area contributed by atoms with Crippen LogP contribution in [0.3, 0.4) is 0 Å². The van der Waals surface area contributed by atoms with E-state index in [1.807, 2.05) is 73.8 Å². The van der Waals surface area contributed by atoms with E-state index in [0.717, 1.165) is 33.7 Å². The highest BCUT2D eigenvalue weighted by molar-refractivity contribution is 8.00. The van der Waals surface area contributed by atoms with Gasteiger partial charge in [-0.2, -0.15) is 5.26 Å². The van der Waals surface area contributed by atoms with Crippen LogP contribution >= 0.6 is 23.1 Å². The predicted molar refractivity (Wildman–Crippen MR) is 142 cm³/mol. The first-order valence-electron chi connectivity index (χ1n) is 11.1. The third kappa shape index (κ3) is 5.70. The van der Waals surface area contributed by atoms with Crippen molar-refractivity contribution in [1.29, 1.82) is 5.26 Å². The third-order valence-corrected chi connectivity index (χ3v) is 7.47. The maximum Gasteiger partial charge on any atom is 0.239 e. The number of aryl methyl sites for hydroxylation is 1. The number of aromatic nitrogens is 2. The number of benzene rings is 2. The van der Waals surface area contributed by atoms with Gasteiger partial charge in [0.05, 0.1) is 23.6 Å². The Morgan fingerprint density at radius 3 is 2.49 bits per heavy atom. The molecule has 0 aliphatic carbocycles. The van der Waals surface area contributed by atoms with Crippen molar-refractivity contribution < 1.29 is 9.53 Å². The molecule has 0 saturated heterocycles. The lowest BCUT2D eigenvalue weighted by atomic mass is 9.98. The van der Waals surface area contributed by atoms with E-state index >= 15 is 0 Å². The third-order valence-electron chi connectivity index (χ3n) is 5.43. The zero-order valence-electron chi connectivity index (χ0n) is 19.6. The molecular weight excluding hydrogens is 476 g/mol. The van der Waals surface area contributed by atoms with Crippen molar-refractivity contribution in [2.45, 2.75) is 30.5 Å². The van der Waals surface area contributed by atoms with Crippen LogP contribution < -0.4 is 10.1 Å². The van der Waals surface area contributed by atoms with Crippen LogP contribution in [0.4, 0.5) is 5.13 Å². The molecule has 2 aromatic heterocycles.